The zero-order valence-corrected chi connectivity index (χ0v) is 8.74. The molecule has 1 aliphatic rings. The van der Waals surface area contributed by atoms with Crippen molar-refractivity contribution in [2.24, 2.45) is 5.73 Å². The molecule has 0 saturated carbocycles. The Kier molecular flexibility index (Phi) is 2.11. The molecule has 5 nitrogen and oxygen atoms in total. The van der Waals surface area contributed by atoms with Gasteiger partial charge in [-0.25, -0.2) is 13.4 Å². The van der Waals surface area contributed by atoms with Gasteiger partial charge in [-0.15, -0.1) is 0 Å². The summed E-state index contributed by atoms with van der Waals surface area (Å²) in [6.07, 6.45) is 3.34. The Balaban J connectivity index is 2.22. The lowest BCUT2D eigenvalue weighted by atomic mass is 10.2. The molecule has 1 atom stereocenters. The van der Waals surface area contributed by atoms with Gasteiger partial charge >= 0.3 is 0 Å². The van der Waals surface area contributed by atoms with E-state index in [1.54, 1.807) is 12.5 Å². The molecule has 1 saturated heterocycles. The monoisotopic (exact) mass is 215 g/mol. The van der Waals surface area contributed by atoms with Crippen LogP contribution in [-0.4, -0.2) is 29.5 Å². The Morgan fingerprint density at radius 1 is 1.64 bits per heavy atom. The highest BCUT2D eigenvalue weighted by Crippen LogP contribution is 2.26. The van der Waals surface area contributed by atoms with Gasteiger partial charge in [-0.1, -0.05) is 0 Å². The van der Waals surface area contributed by atoms with Gasteiger partial charge in [0.2, 0.25) is 0 Å². The van der Waals surface area contributed by atoms with Crippen LogP contribution in [0.1, 0.15) is 24.7 Å². The molecule has 0 aliphatic carbocycles. The SMILES string of the molecule is CC(N)c1cncn1C1CS(=O)(=O)C1. The standard InChI is InChI=1S/C8H13N3O2S/c1-6(9)8-2-10-5-11(8)7-3-14(12,13)4-7/h2,5-7H,3-4,9H2,1H3. The van der Waals surface area contributed by atoms with Crippen LogP contribution in [0.3, 0.4) is 0 Å². The molecule has 1 unspecified atom stereocenters. The van der Waals surface area contributed by atoms with E-state index in [1.807, 2.05) is 11.5 Å². The van der Waals surface area contributed by atoms with E-state index in [0.717, 1.165) is 5.69 Å². The first-order chi connectivity index (χ1) is 6.49. The fourth-order valence-electron chi connectivity index (χ4n) is 1.67. The van der Waals surface area contributed by atoms with Crippen LogP contribution < -0.4 is 5.73 Å². The third-order valence-electron chi connectivity index (χ3n) is 2.45. The zero-order valence-electron chi connectivity index (χ0n) is 7.92. The van der Waals surface area contributed by atoms with Crippen molar-refractivity contribution < 1.29 is 8.42 Å². The molecule has 0 spiro atoms. The molecule has 2 heterocycles. The number of sulfone groups is 1. The predicted octanol–water partition coefficient (Wildman–Crippen LogP) is -0.128. The quantitative estimate of drug-likeness (QED) is 0.745. The maximum Gasteiger partial charge on any atom is 0.154 e. The van der Waals surface area contributed by atoms with E-state index in [2.05, 4.69) is 4.98 Å². The number of imidazole rings is 1. The molecule has 1 aromatic rings. The fourth-order valence-corrected chi connectivity index (χ4v) is 3.07. The van der Waals surface area contributed by atoms with Gasteiger partial charge < -0.3 is 10.3 Å². The molecule has 2 rings (SSSR count). The van der Waals surface area contributed by atoms with E-state index < -0.39 is 9.84 Å². The Morgan fingerprint density at radius 2 is 2.29 bits per heavy atom. The van der Waals surface area contributed by atoms with Crippen LogP contribution in [0.2, 0.25) is 0 Å². The summed E-state index contributed by atoms with van der Waals surface area (Å²) < 4.78 is 23.9. The minimum atomic E-state index is -2.79. The first-order valence-corrected chi connectivity index (χ1v) is 6.29. The molecule has 0 aromatic carbocycles. The average molecular weight is 215 g/mol. The van der Waals surface area contributed by atoms with E-state index in [9.17, 15) is 8.42 Å². The summed E-state index contributed by atoms with van der Waals surface area (Å²) in [4.78, 5) is 3.98. The summed E-state index contributed by atoms with van der Waals surface area (Å²) in [5, 5.41) is 0. The summed E-state index contributed by atoms with van der Waals surface area (Å²) in [5.74, 6) is 0.423. The molecule has 1 aliphatic heterocycles. The molecular weight excluding hydrogens is 202 g/mol. The minimum absolute atomic E-state index is 0.0310. The van der Waals surface area contributed by atoms with Gasteiger partial charge in [0.25, 0.3) is 0 Å². The number of hydrogen-bond donors (Lipinski definition) is 1. The largest absolute Gasteiger partial charge is 0.328 e. The van der Waals surface area contributed by atoms with Crippen LogP contribution in [0.5, 0.6) is 0 Å². The molecule has 6 heteroatoms. The molecule has 1 fully saturated rings. The zero-order chi connectivity index (χ0) is 10.3. The third kappa shape index (κ3) is 1.55. The Morgan fingerprint density at radius 3 is 2.79 bits per heavy atom. The van der Waals surface area contributed by atoms with Crippen LogP contribution in [0.4, 0.5) is 0 Å². The fraction of sp³-hybridized carbons (Fsp3) is 0.625. The van der Waals surface area contributed by atoms with Crippen molar-refractivity contribution >= 4 is 9.84 Å². The minimum Gasteiger partial charge on any atom is -0.328 e. The van der Waals surface area contributed by atoms with Crippen molar-refractivity contribution in [3.63, 3.8) is 0 Å². The second kappa shape index (κ2) is 3.06. The van der Waals surface area contributed by atoms with Crippen LogP contribution >= 0.6 is 0 Å². The molecular formula is C8H13N3O2S. The van der Waals surface area contributed by atoms with Crippen molar-refractivity contribution in [1.82, 2.24) is 9.55 Å². The maximum absolute atomic E-state index is 11.0. The van der Waals surface area contributed by atoms with Crippen molar-refractivity contribution in [2.75, 3.05) is 11.5 Å². The van der Waals surface area contributed by atoms with Crippen LogP contribution in [0.25, 0.3) is 0 Å². The number of rotatable bonds is 2. The third-order valence-corrected chi connectivity index (χ3v) is 4.23. The molecule has 14 heavy (non-hydrogen) atoms. The van der Waals surface area contributed by atoms with Gasteiger partial charge in [-0.05, 0) is 6.92 Å². The normalized spacial score (nSPS) is 23.0. The molecule has 0 amide bonds. The number of aromatic nitrogens is 2. The topological polar surface area (TPSA) is 78.0 Å². The average Bonchev–Trinajstić information content (AvgIpc) is 2.46. The van der Waals surface area contributed by atoms with Crippen LogP contribution in [0, 0.1) is 0 Å². The van der Waals surface area contributed by atoms with E-state index >= 15 is 0 Å². The predicted molar refractivity (Wildman–Crippen MR) is 52.5 cm³/mol. The second-order valence-electron chi connectivity index (χ2n) is 3.75. The highest BCUT2D eigenvalue weighted by atomic mass is 32.2. The highest BCUT2D eigenvalue weighted by Gasteiger charge is 2.35. The van der Waals surface area contributed by atoms with Crippen LogP contribution in [0.15, 0.2) is 12.5 Å². The Bertz CT molecular complexity index is 423. The van der Waals surface area contributed by atoms with Crippen molar-refractivity contribution in [2.45, 2.75) is 19.0 Å². The van der Waals surface area contributed by atoms with Crippen molar-refractivity contribution in [3.05, 3.63) is 18.2 Å². The van der Waals surface area contributed by atoms with Gasteiger partial charge in [0.1, 0.15) is 0 Å². The van der Waals surface area contributed by atoms with E-state index in [-0.39, 0.29) is 23.6 Å². The lowest BCUT2D eigenvalue weighted by Gasteiger charge is -2.29. The molecule has 0 radical (unpaired) electrons. The van der Waals surface area contributed by atoms with Gasteiger partial charge in [-0.2, -0.15) is 0 Å². The first-order valence-electron chi connectivity index (χ1n) is 4.47. The molecule has 78 valence electrons. The Hall–Kier alpha value is -0.880. The summed E-state index contributed by atoms with van der Waals surface area (Å²) in [5.41, 5.74) is 6.63. The maximum atomic E-state index is 11.0. The van der Waals surface area contributed by atoms with Gasteiger partial charge in [0.15, 0.2) is 9.84 Å². The second-order valence-corrected chi connectivity index (χ2v) is 5.90. The van der Waals surface area contributed by atoms with E-state index in [1.165, 1.54) is 0 Å². The smallest absolute Gasteiger partial charge is 0.154 e. The molecule has 2 N–H and O–H groups in total. The van der Waals surface area contributed by atoms with E-state index in [4.69, 9.17) is 5.73 Å². The van der Waals surface area contributed by atoms with Crippen LogP contribution in [-0.2, 0) is 9.84 Å². The van der Waals surface area contributed by atoms with Gasteiger partial charge in [0, 0.05) is 12.2 Å². The van der Waals surface area contributed by atoms with Gasteiger partial charge in [-0.3, -0.25) is 0 Å². The summed E-state index contributed by atoms with van der Waals surface area (Å²) in [7, 11) is -2.79. The van der Waals surface area contributed by atoms with E-state index in [0.29, 0.717) is 0 Å². The summed E-state index contributed by atoms with van der Waals surface area (Å²) in [6, 6.07) is -0.0793. The lowest BCUT2D eigenvalue weighted by molar-refractivity contribution is 0.489. The van der Waals surface area contributed by atoms with Gasteiger partial charge in [0.05, 0.1) is 29.6 Å². The summed E-state index contributed by atoms with van der Waals surface area (Å²) in [6.45, 7) is 1.86. The first kappa shape index (κ1) is 9.67. The number of nitrogens with zero attached hydrogens (tertiary/aromatic N) is 2. The molecule has 0 bridgehead atoms. The van der Waals surface area contributed by atoms with Crippen molar-refractivity contribution in [1.29, 1.82) is 0 Å². The summed E-state index contributed by atoms with van der Waals surface area (Å²) >= 11 is 0. The number of nitrogens with two attached hydrogens (primary N) is 1. The highest BCUT2D eigenvalue weighted by molar-refractivity contribution is 7.92. The number of hydrogen-bond acceptors (Lipinski definition) is 4. The Labute approximate surface area is 82.9 Å². The van der Waals surface area contributed by atoms with Crippen molar-refractivity contribution in [3.8, 4) is 0 Å². The lowest BCUT2D eigenvalue weighted by Crippen LogP contribution is -2.39. The molecule has 1 aromatic heterocycles.